The maximum atomic E-state index is 11.1. The van der Waals surface area contributed by atoms with E-state index in [-0.39, 0.29) is 0 Å². The number of aryl methyl sites for hydroxylation is 1. The molecule has 0 aliphatic carbocycles. The maximum Gasteiger partial charge on any atom is 0.335 e. The van der Waals surface area contributed by atoms with Crippen molar-refractivity contribution in [1.29, 1.82) is 0 Å². The summed E-state index contributed by atoms with van der Waals surface area (Å²) < 4.78 is 0. The lowest BCUT2D eigenvalue weighted by Gasteiger charge is -2.11. The van der Waals surface area contributed by atoms with Crippen LogP contribution in [0.5, 0.6) is 0 Å². The van der Waals surface area contributed by atoms with Crippen LogP contribution in [0.3, 0.4) is 0 Å². The molecular formula is C18H20O2. The van der Waals surface area contributed by atoms with Crippen LogP contribution in [-0.4, -0.2) is 11.1 Å². The van der Waals surface area contributed by atoms with Gasteiger partial charge in [0.15, 0.2) is 0 Å². The third kappa shape index (κ3) is 2.90. The summed E-state index contributed by atoms with van der Waals surface area (Å²) in [5.41, 5.74) is 4.80. The number of hydrogen-bond donors (Lipinski definition) is 1. The summed E-state index contributed by atoms with van der Waals surface area (Å²) in [5.74, 6) is -0.335. The second kappa shape index (κ2) is 5.91. The minimum absolute atomic E-state index is 0.330. The molecule has 20 heavy (non-hydrogen) atoms. The van der Waals surface area contributed by atoms with Crippen LogP contribution in [0.2, 0.25) is 0 Å². The van der Waals surface area contributed by atoms with Gasteiger partial charge < -0.3 is 5.11 Å². The minimum atomic E-state index is -0.887. The lowest BCUT2D eigenvalue weighted by molar-refractivity contribution is 0.0697. The molecule has 0 saturated heterocycles. The van der Waals surface area contributed by atoms with E-state index < -0.39 is 5.97 Å². The van der Waals surface area contributed by atoms with Crippen molar-refractivity contribution >= 4 is 5.97 Å². The molecule has 0 radical (unpaired) electrons. The highest BCUT2D eigenvalue weighted by molar-refractivity contribution is 5.90. The molecule has 1 unspecified atom stereocenters. The molecule has 0 fully saturated rings. The van der Waals surface area contributed by atoms with Gasteiger partial charge in [0.2, 0.25) is 0 Å². The summed E-state index contributed by atoms with van der Waals surface area (Å²) in [6.45, 7) is 6.40. The Morgan fingerprint density at radius 3 is 2.35 bits per heavy atom. The Balaban J connectivity index is 2.41. The topological polar surface area (TPSA) is 37.3 Å². The zero-order valence-corrected chi connectivity index (χ0v) is 12.2. The van der Waals surface area contributed by atoms with Crippen molar-refractivity contribution in [2.24, 2.45) is 0 Å². The van der Waals surface area contributed by atoms with E-state index in [1.54, 1.807) is 12.1 Å². The summed E-state index contributed by atoms with van der Waals surface area (Å²) in [5, 5.41) is 9.10. The fourth-order valence-corrected chi connectivity index (χ4v) is 2.29. The lowest BCUT2D eigenvalue weighted by Crippen LogP contribution is -1.97. The summed E-state index contributed by atoms with van der Waals surface area (Å²) in [6, 6.07) is 13.7. The first-order chi connectivity index (χ1) is 9.52. The van der Waals surface area contributed by atoms with Crippen LogP contribution in [0.25, 0.3) is 11.1 Å². The summed E-state index contributed by atoms with van der Waals surface area (Å²) in [7, 11) is 0. The van der Waals surface area contributed by atoms with E-state index in [9.17, 15) is 4.79 Å². The summed E-state index contributed by atoms with van der Waals surface area (Å²) in [4.78, 5) is 11.1. The molecule has 1 N–H and O–H groups in total. The van der Waals surface area contributed by atoms with Crippen molar-refractivity contribution in [3.05, 3.63) is 59.2 Å². The molecule has 0 aliphatic rings. The van der Waals surface area contributed by atoms with E-state index in [0.717, 1.165) is 23.1 Å². The average molecular weight is 268 g/mol. The van der Waals surface area contributed by atoms with Gasteiger partial charge in [-0.2, -0.15) is 0 Å². The van der Waals surface area contributed by atoms with Crippen LogP contribution in [-0.2, 0) is 0 Å². The van der Waals surface area contributed by atoms with Crippen LogP contribution in [0.4, 0.5) is 0 Å². The molecular weight excluding hydrogens is 248 g/mol. The van der Waals surface area contributed by atoms with Gasteiger partial charge in [-0.05, 0) is 53.6 Å². The number of aromatic carboxylic acids is 1. The summed E-state index contributed by atoms with van der Waals surface area (Å²) in [6.07, 6.45) is 1.12. The molecule has 0 aromatic heterocycles. The van der Waals surface area contributed by atoms with Gasteiger partial charge in [-0.15, -0.1) is 0 Å². The van der Waals surface area contributed by atoms with Crippen LogP contribution in [0, 0.1) is 6.92 Å². The van der Waals surface area contributed by atoms with Gasteiger partial charge in [0.05, 0.1) is 5.56 Å². The molecule has 0 heterocycles. The van der Waals surface area contributed by atoms with E-state index in [1.165, 1.54) is 5.56 Å². The molecule has 2 heteroatoms. The highest BCUT2D eigenvalue weighted by Crippen LogP contribution is 2.27. The SMILES string of the molecule is CCC(C)c1ccc(-c2cc(C(=O)O)ccc2C)cc1. The average Bonchev–Trinajstić information content (AvgIpc) is 2.47. The second-order valence-electron chi connectivity index (χ2n) is 5.27. The number of hydrogen-bond acceptors (Lipinski definition) is 1. The molecule has 2 aromatic carbocycles. The number of rotatable bonds is 4. The van der Waals surface area contributed by atoms with Crippen molar-refractivity contribution < 1.29 is 9.90 Å². The normalized spacial score (nSPS) is 12.2. The smallest absolute Gasteiger partial charge is 0.335 e. The number of carbonyl (C=O) groups is 1. The van der Waals surface area contributed by atoms with E-state index in [1.807, 2.05) is 13.0 Å². The predicted octanol–water partition coefficient (Wildman–Crippen LogP) is 4.87. The van der Waals surface area contributed by atoms with Crippen LogP contribution >= 0.6 is 0 Å². The highest BCUT2D eigenvalue weighted by atomic mass is 16.4. The molecule has 2 rings (SSSR count). The van der Waals surface area contributed by atoms with Gasteiger partial charge >= 0.3 is 5.97 Å². The second-order valence-corrected chi connectivity index (χ2v) is 5.27. The van der Waals surface area contributed by atoms with Crippen molar-refractivity contribution in [1.82, 2.24) is 0 Å². The van der Waals surface area contributed by atoms with Gasteiger partial charge in [0, 0.05) is 0 Å². The molecule has 0 aliphatic heterocycles. The van der Waals surface area contributed by atoms with Crippen LogP contribution in [0.1, 0.15) is 47.7 Å². The van der Waals surface area contributed by atoms with Crippen LogP contribution in [0.15, 0.2) is 42.5 Å². The first-order valence-electron chi connectivity index (χ1n) is 6.97. The van der Waals surface area contributed by atoms with Crippen molar-refractivity contribution in [3.8, 4) is 11.1 Å². The van der Waals surface area contributed by atoms with Crippen molar-refractivity contribution in [2.75, 3.05) is 0 Å². The molecule has 0 saturated carbocycles. The fraction of sp³-hybridized carbons (Fsp3) is 0.278. The molecule has 2 nitrogen and oxygen atoms in total. The molecule has 0 amide bonds. The molecule has 1 atom stereocenters. The monoisotopic (exact) mass is 268 g/mol. The van der Waals surface area contributed by atoms with Crippen molar-refractivity contribution in [2.45, 2.75) is 33.1 Å². The molecule has 0 spiro atoms. The minimum Gasteiger partial charge on any atom is -0.478 e. The molecule has 2 aromatic rings. The first kappa shape index (κ1) is 14.3. The van der Waals surface area contributed by atoms with E-state index in [2.05, 4.69) is 38.1 Å². The highest BCUT2D eigenvalue weighted by Gasteiger charge is 2.09. The van der Waals surface area contributed by atoms with Gasteiger partial charge in [-0.1, -0.05) is 44.2 Å². The first-order valence-corrected chi connectivity index (χ1v) is 6.97. The third-order valence-corrected chi connectivity index (χ3v) is 3.89. The Labute approximate surface area is 120 Å². The number of carboxylic acid groups (broad SMARTS) is 1. The van der Waals surface area contributed by atoms with Gasteiger partial charge in [0.25, 0.3) is 0 Å². The van der Waals surface area contributed by atoms with Crippen LogP contribution < -0.4 is 0 Å². The largest absolute Gasteiger partial charge is 0.478 e. The lowest BCUT2D eigenvalue weighted by atomic mass is 9.93. The fourth-order valence-electron chi connectivity index (χ4n) is 2.29. The standard InChI is InChI=1S/C18H20O2/c1-4-12(2)14-7-9-15(10-8-14)17-11-16(18(19)20)6-5-13(17)3/h5-12H,4H2,1-3H3,(H,19,20). The quantitative estimate of drug-likeness (QED) is 0.858. The maximum absolute atomic E-state index is 11.1. The Morgan fingerprint density at radius 2 is 1.80 bits per heavy atom. The Kier molecular flexibility index (Phi) is 4.23. The predicted molar refractivity (Wildman–Crippen MR) is 82.3 cm³/mol. The Bertz CT molecular complexity index is 612. The Hall–Kier alpha value is -2.09. The Morgan fingerprint density at radius 1 is 1.15 bits per heavy atom. The third-order valence-electron chi connectivity index (χ3n) is 3.89. The zero-order valence-electron chi connectivity index (χ0n) is 12.2. The van der Waals surface area contributed by atoms with Gasteiger partial charge in [0.1, 0.15) is 0 Å². The number of carboxylic acids is 1. The number of benzene rings is 2. The van der Waals surface area contributed by atoms with Gasteiger partial charge in [-0.25, -0.2) is 4.79 Å². The van der Waals surface area contributed by atoms with E-state index in [4.69, 9.17) is 5.11 Å². The van der Waals surface area contributed by atoms with Crippen molar-refractivity contribution in [3.63, 3.8) is 0 Å². The summed E-state index contributed by atoms with van der Waals surface area (Å²) >= 11 is 0. The van der Waals surface area contributed by atoms with E-state index >= 15 is 0 Å². The zero-order chi connectivity index (χ0) is 14.7. The molecule has 0 bridgehead atoms. The van der Waals surface area contributed by atoms with E-state index in [0.29, 0.717) is 11.5 Å². The van der Waals surface area contributed by atoms with Gasteiger partial charge in [-0.3, -0.25) is 0 Å². The molecule has 104 valence electrons.